The molecule has 128 valence electrons. The number of nitrogens with two attached hydrogens (primary N) is 1. The minimum atomic E-state index is -0.539. The van der Waals surface area contributed by atoms with Crippen molar-refractivity contribution in [2.24, 2.45) is 11.7 Å². The van der Waals surface area contributed by atoms with E-state index in [0.29, 0.717) is 18.3 Å². The standard InChI is InChI=1S/C17H22N4O2S/c1-10-7-11(2)9-13(8-10)16-20-21-17(24-16)19-15(22)14(18)12-3-5-23-6-4-12/h7-9,12,14H,3-6,18H2,1-2H3,(H,19,21,22). The van der Waals surface area contributed by atoms with E-state index in [9.17, 15) is 4.79 Å². The molecule has 3 rings (SSSR count). The highest BCUT2D eigenvalue weighted by molar-refractivity contribution is 7.18. The maximum absolute atomic E-state index is 12.3. The van der Waals surface area contributed by atoms with E-state index in [2.05, 4.69) is 33.7 Å². The molecule has 1 atom stereocenters. The summed E-state index contributed by atoms with van der Waals surface area (Å²) in [6.07, 6.45) is 1.64. The average molecular weight is 346 g/mol. The Labute approximate surface area is 145 Å². The molecule has 1 aliphatic rings. The summed E-state index contributed by atoms with van der Waals surface area (Å²) in [5, 5.41) is 12.3. The third-order valence-corrected chi connectivity index (χ3v) is 5.09. The first-order valence-corrected chi connectivity index (χ1v) is 8.91. The second-order valence-corrected chi connectivity index (χ2v) is 7.23. The van der Waals surface area contributed by atoms with Crippen LogP contribution in [0.3, 0.4) is 0 Å². The highest BCUT2D eigenvalue weighted by Gasteiger charge is 2.27. The maximum atomic E-state index is 12.3. The molecule has 2 heterocycles. The van der Waals surface area contributed by atoms with E-state index in [1.54, 1.807) is 0 Å². The number of ether oxygens (including phenoxy) is 1. The van der Waals surface area contributed by atoms with Gasteiger partial charge in [-0.3, -0.25) is 10.1 Å². The molecule has 0 aliphatic carbocycles. The van der Waals surface area contributed by atoms with Gasteiger partial charge in [-0.15, -0.1) is 10.2 Å². The molecular formula is C17H22N4O2S. The number of hydrogen-bond acceptors (Lipinski definition) is 6. The van der Waals surface area contributed by atoms with E-state index in [1.165, 1.54) is 22.5 Å². The van der Waals surface area contributed by atoms with Gasteiger partial charge in [0.25, 0.3) is 0 Å². The molecule has 1 fully saturated rings. The minimum Gasteiger partial charge on any atom is -0.381 e. The van der Waals surface area contributed by atoms with Gasteiger partial charge in [-0.25, -0.2) is 0 Å². The van der Waals surface area contributed by atoms with Crippen molar-refractivity contribution in [1.82, 2.24) is 10.2 Å². The number of anilines is 1. The number of aryl methyl sites for hydroxylation is 2. The first-order chi connectivity index (χ1) is 11.5. The molecule has 0 bridgehead atoms. The van der Waals surface area contributed by atoms with Gasteiger partial charge in [0.2, 0.25) is 11.0 Å². The van der Waals surface area contributed by atoms with Crippen LogP contribution >= 0.6 is 11.3 Å². The molecule has 6 nitrogen and oxygen atoms in total. The molecule has 1 amide bonds. The van der Waals surface area contributed by atoms with Gasteiger partial charge >= 0.3 is 0 Å². The van der Waals surface area contributed by atoms with Gasteiger partial charge < -0.3 is 10.5 Å². The van der Waals surface area contributed by atoms with Crippen LogP contribution in [0.5, 0.6) is 0 Å². The predicted molar refractivity (Wildman–Crippen MR) is 95.0 cm³/mol. The van der Waals surface area contributed by atoms with Crippen molar-refractivity contribution < 1.29 is 9.53 Å². The largest absolute Gasteiger partial charge is 0.381 e. The summed E-state index contributed by atoms with van der Waals surface area (Å²) in [4.78, 5) is 12.3. The molecule has 3 N–H and O–H groups in total. The van der Waals surface area contributed by atoms with E-state index in [1.807, 2.05) is 13.8 Å². The van der Waals surface area contributed by atoms with Crippen LogP contribution in [0.4, 0.5) is 5.13 Å². The Kier molecular flexibility index (Phi) is 5.23. The number of nitrogens with one attached hydrogen (secondary N) is 1. The number of aromatic nitrogens is 2. The van der Waals surface area contributed by atoms with Crippen LogP contribution in [-0.2, 0) is 9.53 Å². The van der Waals surface area contributed by atoms with Crippen molar-refractivity contribution in [3.8, 4) is 10.6 Å². The number of nitrogens with zero attached hydrogens (tertiary/aromatic N) is 2. The van der Waals surface area contributed by atoms with Crippen LogP contribution in [0.2, 0.25) is 0 Å². The fourth-order valence-corrected chi connectivity index (χ4v) is 3.70. The third-order valence-electron chi connectivity index (χ3n) is 4.20. The first-order valence-electron chi connectivity index (χ1n) is 8.09. The zero-order chi connectivity index (χ0) is 17.1. The lowest BCUT2D eigenvalue weighted by molar-refractivity contribution is -0.119. The average Bonchev–Trinajstić information content (AvgIpc) is 3.02. The molecule has 0 spiro atoms. The lowest BCUT2D eigenvalue weighted by Gasteiger charge is -2.26. The molecule has 1 unspecified atom stereocenters. The summed E-state index contributed by atoms with van der Waals surface area (Å²) in [5.41, 5.74) is 9.45. The molecule has 0 radical (unpaired) electrons. The lowest BCUT2D eigenvalue weighted by Crippen LogP contribution is -2.43. The Hall–Kier alpha value is -1.83. The molecule has 7 heteroatoms. The second-order valence-electron chi connectivity index (χ2n) is 6.25. The van der Waals surface area contributed by atoms with Crippen LogP contribution in [0.25, 0.3) is 10.6 Å². The van der Waals surface area contributed by atoms with Gasteiger partial charge in [-0.05, 0) is 44.7 Å². The summed E-state index contributed by atoms with van der Waals surface area (Å²) in [7, 11) is 0. The minimum absolute atomic E-state index is 0.158. The Balaban J connectivity index is 1.68. The van der Waals surface area contributed by atoms with Crippen molar-refractivity contribution in [1.29, 1.82) is 0 Å². The second kappa shape index (κ2) is 7.38. The van der Waals surface area contributed by atoms with E-state index in [4.69, 9.17) is 10.5 Å². The van der Waals surface area contributed by atoms with Crippen molar-refractivity contribution in [3.05, 3.63) is 29.3 Å². The van der Waals surface area contributed by atoms with E-state index >= 15 is 0 Å². The van der Waals surface area contributed by atoms with Gasteiger partial charge in [0.1, 0.15) is 5.01 Å². The monoisotopic (exact) mass is 346 g/mol. The zero-order valence-electron chi connectivity index (χ0n) is 13.9. The zero-order valence-corrected chi connectivity index (χ0v) is 14.7. The first kappa shape index (κ1) is 17.0. The van der Waals surface area contributed by atoms with Crippen LogP contribution in [0, 0.1) is 19.8 Å². The molecule has 0 saturated carbocycles. The summed E-state index contributed by atoms with van der Waals surface area (Å²) >= 11 is 1.36. The highest BCUT2D eigenvalue weighted by Crippen LogP contribution is 2.28. The normalized spacial score (nSPS) is 16.8. The predicted octanol–water partition coefficient (Wildman–Crippen LogP) is 2.51. The van der Waals surface area contributed by atoms with Gasteiger partial charge in [0.15, 0.2) is 0 Å². The molecule has 1 aromatic carbocycles. The maximum Gasteiger partial charge on any atom is 0.243 e. The topological polar surface area (TPSA) is 90.1 Å². The molecule has 1 aromatic heterocycles. The van der Waals surface area contributed by atoms with E-state index < -0.39 is 6.04 Å². The van der Waals surface area contributed by atoms with Gasteiger partial charge in [-0.2, -0.15) is 0 Å². The molecule has 24 heavy (non-hydrogen) atoms. The van der Waals surface area contributed by atoms with Crippen LogP contribution < -0.4 is 11.1 Å². The van der Waals surface area contributed by atoms with Crippen molar-refractivity contribution in [2.45, 2.75) is 32.7 Å². The Morgan fingerprint density at radius 3 is 2.58 bits per heavy atom. The summed E-state index contributed by atoms with van der Waals surface area (Å²) in [6, 6.07) is 5.70. The Morgan fingerprint density at radius 2 is 1.92 bits per heavy atom. The third kappa shape index (κ3) is 3.98. The summed E-state index contributed by atoms with van der Waals surface area (Å²) in [5.74, 6) is -0.0458. The van der Waals surface area contributed by atoms with Crippen LogP contribution in [0.15, 0.2) is 18.2 Å². The number of benzene rings is 1. The van der Waals surface area contributed by atoms with Gasteiger partial charge in [0, 0.05) is 18.8 Å². The van der Waals surface area contributed by atoms with Crippen LogP contribution in [-0.4, -0.2) is 35.4 Å². The summed E-state index contributed by atoms with van der Waals surface area (Å²) < 4.78 is 5.31. The highest BCUT2D eigenvalue weighted by atomic mass is 32.1. The molecule has 1 saturated heterocycles. The molecule has 1 aliphatic heterocycles. The smallest absolute Gasteiger partial charge is 0.243 e. The quantitative estimate of drug-likeness (QED) is 0.888. The Bertz CT molecular complexity index is 705. The molecule has 2 aromatic rings. The van der Waals surface area contributed by atoms with Crippen molar-refractivity contribution >= 4 is 22.4 Å². The Morgan fingerprint density at radius 1 is 1.25 bits per heavy atom. The van der Waals surface area contributed by atoms with Gasteiger partial charge in [0.05, 0.1) is 6.04 Å². The fraction of sp³-hybridized carbons (Fsp3) is 0.471. The number of hydrogen-bond donors (Lipinski definition) is 2. The summed E-state index contributed by atoms with van der Waals surface area (Å²) in [6.45, 7) is 5.43. The number of amides is 1. The number of rotatable bonds is 4. The lowest BCUT2D eigenvalue weighted by atomic mass is 9.92. The number of carbonyl (C=O) groups is 1. The van der Waals surface area contributed by atoms with Crippen LogP contribution in [0.1, 0.15) is 24.0 Å². The fourth-order valence-electron chi connectivity index (χ4n) is 2.97. The van der Waals surface area contributed by atoms with Crippen molar-refractivity contribution in [3.63, 3.8) is 0 Å². The van der Waals surface area contributed by atoms with Gasteiger partial charge in [-0.1, -0.05) is 28.5 Å². The number of carbonyl (C=O) groups excluding carboxylic acids is 1. The van der Waals surface area contributed by atoms with Crippen molar-refractivity contribution in [2.75, 3.05) is 18.5 Å². The van der Waals surface area contributed by atoms with E-state index in [0.717, 1.165) is 23.4 Å². The SMILES string of the molecule is Cc1cc(C)cc(-c2nnc(NC(=O)C(N)C3CCOCC3)s2)c1. The molecular weight excluding hydrogens is 324 g/mol. The van der Waals surface area contributed by atoms with E-state index in [-0.39, 0.29) is 11.8 Å².